The number of carbonyl (C=O) groups excluding carboxylic acids is 1. The number of amides is 1. The normalized spacial score (nSPS) is 12.8. The summed E-state index contributed by atoms with van der Waals surface area (Å²) in [6.07, 6.45) is 3.92. The molecule has 1 aliphatic rings. The summed E-state index contributed by atoms with van der Waals surface area (Å²) in [5, 5.41) is 23.7. The molecule has 8 heteroatoms. The molecule has 1 amide bonds. The van der Waals surface area contributed by atoms with E-state index in [9.17, 15) is 20.2 Å². The van der Waals surface area contributed by atoms with Crippen molar-refractivity contribution in [2.75, 3.05) is 11.9 Å². The molecule has 0 spiro atoms. The van der Waals surface area contributed by atoms with Gasteiger partial charge in [-0.2, -0.15) is 5.26 Å². The molecule has 0 atom stereocenters. The van der Waals surface area contributed by atoms with Gasteiger partial charge in [0.25, 0.3) is 5.91 Å². The minimum atomic E-state index is -0.540. The Labute approximate surface area is 154 Å². The van der Waals surface area contributed by atoms with Crippen LogP contribution >= 0.6 is 11.3 Å². The van der Waals surface area contributed by atoms with Gasteiger partial charge in [-0.3, -0.25) is 14.9 Å². The van der Waals surface area contributed by atoms with Crippen LogP contribution in [-0.4, -0.2) is 17.4 Å². The van der Waals surface area contributed by atoms with E-state index in [1.54, 1.807) is 13.0 Å². The molecule has 0 unspecified atom stereocenters. The van der Waals surface area contributed by atoms with Crippen LogP contribution in [0, 0.1) is 28.4 Å². The summed E-state index contributed by atoms with van der Waals surface area (Å²) >= 11 is 1.43. The van der Waals surface area contributed by atoms with Gasteiger partial charge in [0.1, 0.15) is 11.1 Å². The Morgan fingerprint density at radius 3 is 2.92 bits per heavy atom. The highest BCUT2D eigenvalue weighted by atomic mass is 32.1. The zero-order chi connectivity index (χ0) is 18.7. The maximum atomic E-state index is 12.2. The number of hydrogen-bond donors (Lipinski definition) is 1. The summed E-state index contributed by atoms with van der Waals surface area (Å²) in [6, 6.07) is 6.74. The summed E-state index contributed by atoms with van der Waals surface area (Å²) in [5.41, 5.74) is 2.12. The lowest BCUT2D eigenvalue weighted by atomic mass is 9.96. The zero-order valence-electron chi connectivity index (χ0n) is 14.2. The molecule has 1 aliphatic carbocycles. The highest BCUT2D eigenvalue weighted by molar-refractivity contribution is 7.16. The summed E-state index contributed by atoms with van der Waals surface area (Å²) in [5.74, 6) is -0.406. The van der Waals surface area contributed by atoms with Crippen molar-refractivity contribution < 1.29 is 14.5 Å². The van der Waals surface area contributed by atoms with Gasteiger partial charge < -0.3 is 10.1 Å². The number of aryl methyl sites for hydroxylation is 2. The van der Waals surface area contributed by atoms with E-state index in [1.807, 2.05) is 0 Å². The molecule has 1 aromatic carbocycles. The van der Waals surface area contributed by atoms with E-state index in [4.69, 9.17) is 4.74 Å². The number of anilines is 1. The molecule has 2 aromatic rings. The van der Waals surface area contributed by atoms with E-state index in [0.717, 1.165) is 41.7 Å². The van der Waals surface area contributed by atoms with Gasteiger partial charge in [0.15, 0.2) is 12.4 Å². The first-order valence-corrected chi connectivity index (χ1v) is 9.03. The molecule has 134 valence electrons. The molecule has 0 saturated heterocycles. The Kier molecular flexibility index (Phi) is 5.19. The van der Waals surface area contributed by atoms with Gasteiger partial charge in [-0.25, -0.2) is 0 Å². The van der Waals surface area contributed by atoms with Crippen LogP contribution in [0.15, 0.2) is 18.2 Å². The Morgan fingerprint density at radius 1 is 1.42 bits per heavy atom. The van der Waals surface area contributed by atoms with E-state index in [1.165, 1.54) is 23.5 Å². The fourth-order valence-electron chi connectivity index (χ4n) is 2.97. The number of nitrogens with zero attached hydrogens (tertiary/aromatic N) is 2. The van der Waals surface area contributed by atoms with Crippen molar-refractivity contribution in [1.82, 2.24) is 0 Å². The second-order valence-corrected chi connectivity index (χ2v) is 7.20. The third-order valence-corrected chi connectivity index (χ3v) is 5.41. The van der Waals surface area contributed by atoms with E-state index in [-0.39, 0.29) is 18.0 Å². The van der Waals surface area contributed by atoms with Crippen LogP contribution in [0.2, 0.25) is 0 Å². The van der Waals surface area contributed by atoms with Crippen LogP contribution in [0.1, 0.15) is 34.4 Å². The fourth-order valence-corrected chi connectivity index (χ4v) is 4.23. The zero-order valence-corrected chi connectivity index (χ0v) is 15.0. The third-order valence-electron chi connectivity index (χ3n) is 4.21. The number of rotatable bonds is 5. The SMILES string of the molecule is Cc1ccc(OCC(=O)Nc2sc3c(c2C#N)CCCC3)c([N+](=O)[O-])c1. The molecule has 0 aliphatic heterocycles. The van der Waals surface area contributed by atoms with Gasteiger partial charge >= 0.3 is 5.69 Å². The molecule has 0 saturated carbocycles. The number of nitrogens with one attached hydrogen (secondary N) is 1. The Hall–Kier alpha value is -2.92. The molecule has 1 N–H and O–H groups in total. The molecule has 0 fully saturated rings. The molecular weight excluding hydrogens is 354 g/mol. The first kappa shape index (κ1) is 17.9. The average molecular weight is 371 g/mol. The maximum absolute atomic E-state index is 12.2. The van der Waals surface area contributed by atoms with E-state index < -0.39 is 10.8 Å². The number of benzene rings is 1. The van der Waals surface area contributed by atoms with Gasteiger partial charge in [-0.1, -0.05) is 6.07 Å². The number of ether oxygens (including phenoxy) is 1. The van der Waals surface area contributed by atoms with Gasteiger partial charge in [0.05, 0.1) is 10.5 Å². The van der Waals surface area contributed by atoms with Crippen LogP contribution in [0.4, 0.5) is 10.7 Å². The quantitative estimate of drug-likeness (QED) is 0.637. The van der Waals surface area contributed by atoms with Gasteiger partial charge in [-0.05, 0) is 49.8 Å². The van der Waals surface area contributed by atoms with Crippen molar-refractivity contribution in [2.45, 2.75) is 32.6 Å². The molecule has 3 rings (SSSR count). The molecule has 1 aromatic heterocycles. The number of thiophene rings is 1. The van der Waals surface area contributed by atoms with E-state index in [0.29, 0.717) is 10.6 Å². The number of fused-ring (bicyclic) bond motifs is 1. The first-order chi connectivity index (χ1) is 12.5. The second-order valence-electron chi connectivity index (χ2n) is 6.09. The Morgan fingerprint density at radius 2 is 2.19 bits per heavy atom. The summed E-state index contributed by atoms with van der Waals surface area (Å²) < 4.78 is 5.33. The predicted molar refractivity (Wildman–Crippen MR) is 97.6 cm³/mol. The smallest absolute Gasteiger partial charge is 0.311 e. The van der Waals surface area contributed by atoms with Crippen LogP contribution in [0.25, 0.3) is 0 Å². The number of nitro groups is 1. The van der Waals surface area contributed by atoms with Gasteiger partial charge in [-0.15, -0.1) is 11.3 Å². The van der Waals surface area contributed by atoms with Crippen molar-refractivity contribution in [3.05, 3.63) is 49.9 Å². The number of nitro benzene ring substituents is 1. The van der Waals surface area contributed by atoms with Crippen LogP contribution < -0.4 is 10.1 Å². The summed E-state index contributed by atoms with van der Waals surface area (Å²) in [7, 11) is 0. The lowest BCUT2D eigenvalue weighted by Gasteiger charge is -2.09. The average Bonchev–Trinajstić information content (AvgIpc) is 2.97. The molecule has 26 heavy (non-hydrogen) atoms. The van der Waals surface area contributed by atoms with Crippen molar-refractivity contribution in [3.63, 3.8) is 0 Å². The van der Waals surface area contributed by atoms with Gasteiger partial charge in [0, 0.05) is 10.9 Å². The Balaban J connectivity index is 1.70. The number of nitriles is 1. The number of carbonyl (C=O) groups is 1. The van der Waals surface area contributed by atoms with Crippen molar-refractivity contribution in [1.29, 1.82) is 5.26 Å². The second kappa shape index (κ2) is 7.54. The lowest BCUT2D eigenvalue weighted by molar-refractivity contribution is -0.385. The largest absolute Gasteiger partial charge is 0.477 e. The van der Waals surface area contributed by atoms with Crippen molar-refractivity contribution in [2.24, 2.45) is 0 Å². The molecule has 0 radical (unpaired) electrons. The molecule has 0 bridgehead atoms. The summed E-state index contributed by atoms with van der Waals surface area (Å²) in [6.45, 7) is 1.38. The van der Waals surface area contributed by atoms with Crippen LogP contribution in [0.5, 0.6) is 5.75 Å². The fraction of sp³-hybridized carbons (Fsp3) is 0.333. The highest BCUT2D eigenvalue weighted by Crippen LogP contribution is 2.37. The topological polar surface area (TPSA) is 105 Å². The first-order valence-electron chi connectivity index (χ1n) is 8.22. The van der Waals surface area contributed by atoms with Crippen LogP contribution in [0.3, 0.4) is 0 Å². The molecule has 1 heterocycles. The van der Waals surface area contributed by atoms with Crippen molar-refractivity contribution in [3.8, 4) is 11.8 Å². The van der Waals surface area contributed by atoms with E-state index >= 15 is 0 Å². The minimum absolute atomic E-state index is 0.0433. The third kappa shape index (κ3) is 3.68. The van der Waals surface area contributed by atoms with Gasteiger partial charge in [0.2, 0.25) is 0 Å². The summed E-state index contributed by atoms with van der Waals surface area (Å²) in [4.78, 5) is 23.9. The lowest BCUT2D eigenvalue weighted by Crippen LogP contribution is -2.20. The minimum Gasteiger partial charge on any atom is -0.477 e. The molecular formula is C18H17N3O4S. The predicted octanol–water partition coefficient (Wildman–Crippen LogP) is 3.73. The van der Waals surface area contributed by atoms with E-state index in [2.05, 4.69) is 11.4 Å². The molecule has 7 nitrogen and oxygen atoms in total. The maximum Gasteiger partial charge on any atom is 0.311 e. The highest BCUT2D eigenvalue weighted by Gasteiger charge is 2.22. The standard InChI is InChI=1S/C18H17N3O4S/c1-11-6-7-15(14(8-11)21(23)24)25-10-17(22)20-18-13(9-19)12-4-2-3-5-16(12)26-18/h6-8H,2-5,10H2,1H3,(H,20,22). The van der Waals surface area contributed by atoms with Crippen molar-refractivity contribution >= 4 is 27.9 Å². The number of hydrogen-bond acceptors (Lipinski definition) is 6. The Bertz CT molecular complexity index is 914. The van der Waals surface area contributed by atoms with Crippen LogP contribution in [-0.2, 0) is 17.6 Å². The monoisotopic (exact) mass is 371 g/mol.